The second-order valence-corrected chi connectivity index (χ2v) is 4.24. The fourth-order valence-corrected chi connectivity index (χ4v) is 1.75. The minimum absolute atomic E-state index is 0.289. The van der Waals surface area contributed by atoms with Crippen molar-refractivity contribution in [2.24, 2.45) is 0 Å². The highest BCUT2D eigenvalue weighted by Gasteiger charge is 1.99. The Morgan fingerprint density at radius 3 is 2.12 bits per heavy atom. The maximum Gasteiger partial charge on any atom is 0.0552 e. The number of aliphatic hydroxyl groups is 1. The molecule has 0 heterocycles. The topological polar surface area (TPSA) is 32.3 Å². The number of hydrogen-bond donors (Lipinski definition) is 2. The molecule has 2 rings (SSSR count). The van der Waals surface area contributed by atoms with Gasteiger partial charge in [-0.25, -0.2) is 0 Å². The summed E-state index contributed by atoms with van der Waals surface area (Å²) in [4.78, 5) is 0. The third kappa shape index (κ3) is 3.61. The molecule has 2 aromatic rings. The zero-order valence-electron chi connectivity index (χ0n) is 9.93. The molecule has 88 valence electrons. The van der Waals surface area contributed by atoms with Crippen LogP contribution in [0, 0.1) is 0 Å². The van der Waals surface area contributed by atoms with Crippen LogP contribution in [0.2, 0.25) is 0 Å². The summed E-state index contributed by atoms with van der Waals surface area (Å²) in [6.07, 6.45) is 0.411. The molecule has 2 heteroatoms. The van der Waals surface area contributed by atoms with E-state index in [-0.39, 0.29) is 6.10 Å². The van der Waals surface area contributed by atoms with Crippen molar-refractivity contribution in [1.29, 1.82) is 0 Å². The number of benzene rings is 2. The van der Waals surface area contributed by atoms with Gasteiger partial charge in [-0.2, -0.15) is 0 Å². The number of anilines is 2. The lowest BCUT2D eigenvalue weighted by Gasteiger charge is -2.08. The van der Waals surface area contributed by atoms with Crippen molar-refractivity contribution in [3.63, 3.8) is 0 Å². The number of nitrogens with one attached hydrogen (secondary N) is 1. The average Bonchev–Trinajstić information content (AvgIpc) is 2.32. The quantitative estimate of drug-likeness (QED) is 0.839. The van der Waals surface area contributed by atoms with E-state index >= 15 is 0 Å². The van der Waals surface area contributed by atoms with Crippen LogP contribution in [0.3, 0.4) is 0 Å². The standard InChI is InChI=1S/C15H17NO/c1-12(17)11-13-7-9-15(10-8-13)16-14-5-3-2-4-6-14/h2-10,12,16-17H,11H2,1H3. The summed E-state index contributed by atoms with van der Waals surface area (Å²) in [5, 5.41) is 12.6. The Morgan fingerprint density at radius 2 is 1.53 bits per heavy atom. The van der Waals surface area contributed by atoms with Gasteiger partial charge in [0.2, 0.25) is 0 Å². The van der Waals surface area contributed by atoms with E-state index < -0.39 is 0 Å². The van der Waals surface area contributed by atoms with Crippen molar-refractivity contribution in [2.75, 3.05) is 5.32 Å². The fraction of sp³-hybridized carbons (Fsp3) is 0.200. The Morgan fingerprint density at radius 1 is 0.941 bits per heavy atom. The molecule has 0 saturated carbocycles. The Balaban J connectivity index is 2.03. The lowest BCUT2D eigenvalue weighted by molar-refractivity contribution is 0.195. The van der Waals surface area contributed by atoms with Gasteiger partial charge in [0.15, 0.2) is 0 Å². The van der Waals surface area contributed by atoms with Gasteiger partial charge < -0.3 is 10.4 Å². The SMILES string of the molecule is CC(O)Cc1ccc(Nc2ccccc2)cc1. The average molecular weight is 227 g/mol. The van der Waals surface area contributed by atoms with E-state index in [1.807, 2.05) is 54.6 Å². The summed E-state index contributed by atoms with van der Waals surface area (Å²) >= 11 is 0. The molecule has 0 aliphatic rings. The maximum atomic E-state index is 9.29. The van der Waals surface area contributed by atoms with E-state index in [9.17, 15) is 5.11 Å². The summed E-state index contributed by atoms with van der Waals surface area (Å²) in [5.41, 5.74) is 3.29. The molecule has 1 unspecified atom stereocenters. The van der Waals surface area contributed by atoms with E-state index in [1.165, 1.54) is 0 Å². The monoisotopic (exact) mass is 227 g/mol. The van der Waals surface area contributed by atoms with E-state index in [2.05, 4.69) is 5.32 Å². The molecule has 2 aromatic carbocycles. The Bertz CT molecular complexity index is 448. The van der Waals surface area contributed by atoms with Crippen LogP contribution in [0.4, 0.5) is 11.4 Å². The second kappa shape index (κ2) is 5.51. The highest BCUT2D eigenvalue weighted by atomic mass is 16.3. The third-order valence-electron chi connectivity index (χ3n) is 2.55. The van der Waals surface area contributed by atoms with Crippen LogP contribution >= 0.6 is 0 Å². The maximum absolute atomic E-state index is 9.29. The predicted molar refractivity (Wildman–Crippen MR) is 71.6 cm³/mol. The Kier molecular flexibility index (Phi) is 3.78. The first kappa shape index (κ1) is 11.7. The number of rotatable bonds is 4. The largest absolute Gasteiger partial charge is 0.393 e. The minimum atomic E-state index is -0.289. The summed E-state index contributed by atoms with van der Waals surface area (Å²) in [7, 11) is 0. The Hall–Kier alpha value is -1.80. The zero-order valence-corrected chi connectivity index (χ0v) is 9.93. The van der Waals surface area contributed by atoms with E-state index in [1.54, 1.807) is 6.92 Å². The smallest absolute Gasteiger partial charge is 0.0552 e. The summed E-state index contributed by atoms with van der Waals surface area (Å²) in [6.45, 7) is 1.80. The van der Waals surface area contributed by atoms with Crippen LogP contribution in [0.5, 0.6) is 0 Å². The molecule has 0 fully saturated rings. The summed E-state index contributed by atoms with van der Waals surface area (Å²) in [5.74, 6) is 0. The van der Waals surface area contributed by atoms with Crippen LogP contribution in [-0.4, -0.2) is 11.2 Å². The van der Waals surface area contributed by atoms with Crippen LogP contribution in [-0.2, 0) is 6.42 Å². The second-order valence-electron chi connectivity index (χ2n) is 4.24. The molecule has 17 heavy (non-hydrogen) atoms. The lowest BCUT2D eigenvalue weighted by atomic mass is 10.1. The zero-order chi connectivity index (χ0) is 12.1. The molecule has 1 atom stereocenters. The van der Waals surface area contributed by atoms with Crippen molar-refractivity contribution in [3.05, 3.63) is 60.2 Å². The van der Waals surface area contributed by atoms with Crippen molar-refractivity contribution < 1.29 is 5.11 Å². The minimum Gasteiger partial charge on any atom is -0.393 e. The first-order valence-corrected chi connectivity index (χ1v) is 5.83. The first-order valence-electron chi connectivity index (χ1n) is 5.83. The lowest BCUT2D eigenvalue weighted by Crippen LogP contribution is -2.03. The molecule has 0 aromatic heterocycles. The van der Waals surface area contributed by atoms with Gasteiger partial charge in [-0.15, -0.1) is 0 Å². The van der Waals surface area contributed by atoms with Gasteiger partial charge in [-0.1, -0.05) is 30.3 Å². The first-order chi connectivity index (χ1) is 8.24. The van der Waals surface area contributed by atoms with Crippen molar-refractivity contribution in [3.8, 4) is 0 Å². The molecule has 0 aliphatic heterocycles. The highest BCUT2D eigenvalue weighted by Crippen LogP contribution is 2.17. The molecule has 0 amide bonds. The van der Waals surface area contributed by atoms with Gasteiger partial charge in [0.05, 0.1) is 6.10 Å². The molecule has 0 saturated heterocycles. The van der Waals surface area contributed by atoms with Crippen molar-refractivity contribution in [1.82, 2.24) is 0 Å². The van der Waals surface area contributed by atoms with Crippen molar-refractivity contribution >= 4 is 11.4 Å². The molecule has 0 bridgehead atoms. The van der Waals surface area contributed by atoms with Crippen LogP contribution in [0.1, 0.15) is 12.5 Å². The van der Waals surface area contributed by atoms with Gasteiger partial charge in [0, 0.05) is 11.4 Å². The molecule has 2 nitrogen and oxygen atoms in total. The molecule has 0 aliphatic carbocycles. The Labute approximate surface area is 102 Å². The van der Waals surface area contributed by atoms with Gasteiger partial charge in [0.25, 0.3) is 0 Å². The van der Waals surface area contributed by atoms with E-state index in [0.29, 0.717) is 6.42 Å². The molecular weight excluding hydrogens is 210 g/mol. The van der Waals surface area contributed by atoms with Gasteiger partial charge in [-0.05, 0) is 43.2 Å². The number of aliphatic hydroxyl groups excluding tert-OH is 1. The van der Waals surface area contributed by atoms with Gasteiger partial charge in [0.1, 0.15) is 0 Å². The van der Waals surface area contributed by atoms with E-state index in [4.69, 9.17) is 0 Å². The molecule has 2 N–H and O–H groups in total. The highest BCUT2D eigenvalue weighted by molar-refractivity contribution is 5.59. The fourth-order valence-electron chi connectivity index (χ4n) is 1.75. The van der Waals surface area contributed by atoms with E-state index in [0.717, 1.165) is 16.9 Å². The summed E-state index contributed by atoms with van der Waals surface area (Å²) in [6, 6.07) is 18.2. The number of para-hydroxylation sites is 1. The number of hydrogen-bond acceptors (Lipinski definition) is 2. The van der Waals surface area contributed by atoms with Crippen LogP contribution in [0.25, 0.3) is 0 Å². The normalized spacial score (nSPS) is 12.1. The van der Waals surface area contributed by atoms with Crippen molar-refractivity contribution in [2.45, 2.75) is 19.4 Å². The summed E-state index contributed by atoms with van der Waals surface area (Å²) < 4.78 is 0. The predicted octanol–water partition coefficient (Wildman–Crippen LogP) is 3.35. The van der Waals surface area contributed by atoms with Crippen LogP contribution in [0.15, 0.2) is 54.6 Å². The molecular formula is C15H17NO. The third-order valence-corrected chi connectivity index (χ3v) is 2.55. The molecule has 0 radical (unpaired) electrons. The van der Waals surface area contributed by atoms with Crippen LogP contribution < -0.4 is 5.32 Å². The van der Waals surface area contributed by atoms with Gasteiger partial charge >= 0.3 is 0 Å². The molecule has 0 spiro atoms. The van der Waals surface area contributed by atoms with Gasteiger partial charge in [-0.3, -0.25) is 0 Å².